The van der Waals surface area contributed by atoms with E-state index in [0.717, 1.165) is 5.56 Å². The molecule has 0 heterocycles. The first kappa shape index (κ1) is 10.2. The summed E-state index contributed by atoms with van der Waals surface area (Å²) in [6.07, 6.45) is -0.396. The van der Waals surface area contributed by atoms with Gasteiger partial charge in [-0.2, -0.15) is 0 Å². The molecule has 72 valence electrons. The maximum Gasteiger partial charge on any atom is 0.149 e. The van der Waals surface area contributed by atoms with Crippen LogP contribution in [0.1, 0.15) is 18.7 Å². The van der Waals surface area contributed by atoms with Gasteiger partial charge in [-0.05, 0) is 12.5 Å². The Labute approximate surface area is 78.5 Å². The normalized spacial score (nSPS) is 12.8. The molecule has 1 aromatic rings. The maximum absolute atomic E-state index is 5.73. The fraction of sp³-hybridized carbons (Fsp3) is 0.400. The zero-order chi connectivity index (χ0) is 9.52. The number of nitrogens with two attached hydrogens (primary N) is 1. The van der Waals surface area contributed by atoms with E-state index in [-0.39, 0.29) is 6.79 Å². The molecule has 0 aromatic heterocycles. The molecule has 0 aliphatic heterocycles. The van der Waals surface area contributed by atoms with Gasteiger partial charge in [0.05, 0.1) is 0 Å². The van der Waals surface area contributed by atoms with Crippen molar-refractivity contribution in [3.05, 3.63) is 35.9 Å². The molecule has 0 aliphatic carbocycles. The van der Waals surface area contributed by atoms with Crippen molar-refractivity contribution in [3.8, 4) is 0 Å². The van der Waals surface area contributed by atoms with Gasteiger partial charge in [0.1, 0.15) is 13.0 Å². The summed E-state index contributed by atoms with van der Waals surface area (Å²) in [6, 6.07) is 9.66. The summed E-state index contributed by atoms with van der Waals surface area (Å²) in [5.41, 5.74) is 6.69. The van der Waals surface area contributed by atoms with Crippen LogP contribution in [0.2, 0.25) is 0 Å². The molecule has 0 saturated carbocycles. The third-order valence-corrected chi connectivity index (χ3v) is 1.66. The van der Waals surface area contributed by atoms with Crippen molar-refractivity contribution in [1.82, 2.24) is 0 Å². The van der Waals surface area contributed by atoms with E-state index in [2.05, 4.69) is 0 Å². The van der Waals surface area contributed by atoms with Crippen LogP contribution in [-0.2, 0) is 9.47 Å². The molecular weight excluding hydrogens is 166 g/mol. The second-order valence-corrected chi connectivity index (χ2v) is 2.61. The van der Waals surface area contributed by atoms with E-state index < -0.39 is 6.23 Å². The summed E-state index contributed by atoms with van der Waals surface area (Å²) in [5.74, 6) is 0. The van der Waals surface area contributed by atoms with E-state index in [4.69, 9.17) is 15.2 Å². The molecule has 3 heteroatoms. The highest BCUT2D eigenvalue weighted by molar-refractivity contribution is 5.16. The zero-order valence-electron chi connectivity index (χ0n) is 7.77. The summed E-state index contributed by atoms with van der Waals surface area (Å²) < 4.78 is 10.2. The zero-order valence-corrected chi connectivity index (χ0v) is 7.77. The molecule has 13 heavy (non-hydrogen) atoms. The molecule has 0 bridgehead atoms. The Bertz CT molecular complexity index is 226. The molecule has 0 fully saturated rings. The van der Waals surface area contributed by atoms with E-state index >= 15 is 0 Å². The van der Waals surface area contributed by atoms with E-state index in [1.807, 2.05) is 37.3 Å². The summed E-state index contributed by atoms with van der Waals surface area (Å²) in [4.78, 5) is 0. The van der Waals surface area contributed by atoms with E-state index in [1.54, 1.807) is 0 Å². The third kappa shape index (κ3) is 3.55. The predicted molar refractivity (Wildman–Crippen MR) is 50.9 cm³/mol. The smallest absolute Gasteiger partial charge is 0.149 e. The Morgan fingerprint density at radius 1 is 1.31 bits per heavy atom. The Morgan fingerprint density at radius 2 is 2.00 bits per heavy atom. The topological polar surface area (TPSA) is 44.5 Å². The molecule has 0 amide bonds. The van der Waals surface area contributed by atoms with Crippen molar-refractivity contribution in [1.29, 1.82) is 0 Å². The lowest BCUT2D eigenvalue weighted by molar-refractivity contribution is -0.0857. The minimum atomic E-state index is -0.396. The number of ether oxygens (including phenoxy) is 2. The molecule has 1 atom stereocenters. The number of hydrogen-bond donors (Lipinski definition) is 1. The van der Waals surface area contributed by atoms with Crippen molar-refractivity contribution >= 4 is 0 Å². The standard InChI is InChI=1S/C10H15NO2/c1-2-12-8-13-10(11)9-6-4-3-5-7-9/h3-7,10H,2,8,11H2,1H3. The average molecular weight is 181 g/mol. The van der Waals surface area contributed by atoms with Gasteiger partial charge in [-0.25, -0.2) is 0 Å². The van der Waals surface area contributed by atoms with Gasteiger partial charge in [-0.3, -0.25) is 0 Å². The lowest BCUT2D eigenvalue weighted by Crippen LogP contribution is -2.16. The largest absolute Gasteiger partial charge is 0.356 e. The van der Waals surface area contributed by atoms with Crippen LogP contribution in [0.25, 0.3) is 0 Å². The highest BCUT2D eigenvalue weighted by Gasteiger charge is 2.03. The number of hydrogen-bond acceptors (Lipinski definition) is 3. The van der Waals surface area contributed by atoms with Crippen LogP contribution < -0.4 is 5.73 Å². The van der Waals surface area contributed by atoms with Gasteiger partial charge in [-0.15, -0.1) is 0 Å². The summed E-state index contributed by atoms with van der Waals surface area (Å²) in [7, 11) is 0. The van der Waals surface area contributed by atoms with E-state index in [9.17, 15) is 0 Å². The summed E-state index contributed by atoms with van der Waals surface area (Å²) >= 11 is 0. The van der Waals surface area contributed by atoms with Crippen LogP contribution in [-0.4, -0.2) is 13.4 Å². The maximum atomic E-state index is 5.73. The highest BCUT2D eigenvalue weighted by Crippen LogP contribution is 2.09. The van der Waals surface area contributed by atoms with Crippen LogP contribution in [0, 0.1) is 0 Å². The molecular formula is C10H15NO2. The first-order valence-corrected chi connectivity index (χ1v) is 4.34. The number of benzene rings is 1. The molecule has 0 spiro atoms. The minimum absolute atomic E-state index is 0.243. The first-order chi connectivity index (χ1) is 6.34. The SMILES string of the molecule is CCOCOC(N)c1ccccc1. The molecule has 0 saturated heterocycles. The molecule has 0 aliphatic rings. The molecule has 2 N–H and O–H groups in total. The van der Waals surface area contributed by atoms with Crippen molar-refractivity contribution in [3.63, 3.8) is 0 Å². The second kappa shape index (κ2) is 5.70. The van der Waals surface area contributed by atoms with Gasteiger partial charge in [0.15, 0.2) is 0 Å². The van der Waals surface area contributed by atoms with Gasteiger partial charge >= 0.3 is 0 Å². The molecule has 1 rings (SSSR count). The Balaban J connectivity index is 2.35. The van der Waals surface area contributed by atoms with Crippen molar-refractivity contribution in [2.45, 2.75) is 13.2 Å². The second-order valence-electron chi connectivity index (χ2n) is 2.61. The molecule has 3 nitrogen and oxygen atoms in total. The fourth-order valence-electron chi connectivity index (χ4n) is 0.944. The highest BCUT2D eigenvalue weighted by atomic mass is 16.7. The Kier molecular flexibility index (Phi) is 4.46. The van der Waals surface area contributed by atoms with Crippen LogP contribution in [0.4, 0.5) is 0 Å². The van der Waals surface area contributed by atoms with Gasteiger partial charge in [0, 0.05) is 6.61 Å². The Morgan fingerprint density at radius 3 is 2.62 bits per heavy atom. The fourth-order valence-corrected chi connectivity index (χ4v) is 0.944. The minimum Gasteiger partial charge on any atom is -0.356 e. The van der Waals surface area contributed by atoms with Gasteiger partial charge in [0.2, 0.25) is 0 Å². The van der Waals surface area contributed by atoms with Gasteiger partial charge in [-0.1, -0.05) is 30.3 Å². The monoisotopic (exact) mass is 181 g/mol. The van der Waals surface area contributed by atoms with Crippen molar-refractivity contribution in [2.75, 3.05) is 13.4 Å². The molecule has 1 aromatic carbocycles. The summed E-state index contributed by atoms with van der Waals surface area (Å²) in [5, 5.41) is 0. The lowest BCUT2D eigenvalue weighted by Gasteiger charge is -2.12. The van der Waals surface area contributed by atoms with Crippen molar-refractivity contribution < 1.29 is 9.47 Å². The molecule has 1 unspecified atom stereocenters. The Hall–Kier alpha value is -0.900. The van der Waals surface area contributed by atoms with Crippen LogP contribution in [0.5, 0.6) is 0 Å². The van der Waals surface area contributed by atoms with Crippen LogP contribution in [0.15, 0.2) is 30.3 Å². The first-order valence-electron chi connectivity index (χ1n) is 4.34. The van der Waals surface area contributed by atoms with Crippen LogP contribution >= 0.6 is 0 Å². The quantitative estimate of drug-likeness (QED) is 0.555. The lowest BCUT2D eigenvalue weighted by atomic mass is 10.2. The van der Waals surface area contributed by atoms with Gasteiger partial charge in [0.25, 0.3) is 0 Å². The van der Waals surface area contributed by atoms with Gasteiger partial charge < -0.3 is 15.2 Å². The average Bonchev–Trinajstić information content (AvgIpc) is 2.19. The van der Waals surface area contributed by atoms with Crippen LogP contribution in [0.3, 0.4) is 0 Å². The third-order valence-electron chi connectivity index (χ3n) is 1.66. The summed E-state index contributed by atoms with van der Waals surface area (Å²) in [6.45, 7) is 2.80. The van der Waals surface area contributed by atoms with Crippen molar-refractivity contribution in [2.24, 2.45) is 5.73 Å². The number of rotatable bonds is 5. The predicted octanol–water partition coefficient (Wildman–Crippen LogP) is 1.65. The van der Waals surface area contributed by atoms with E-state index in [1.165, 1.54) is 0 Å². The van der Waals surface area contributed by atoms with E-state index in [0.29, 0.717) is 6.61 Å². The molecule has 0 radical (unpaired) electrons.